The maximum absolute atomic E-state index is 12.2. The monoisotopic (exact) mass is 336 g/mol. The molecule has 0 bridgehead atoms. The van der Waals surface area contributed by atoms with E-state index in [2.05, 4.69) is 28.7 Å². The number of hydrogen-bond donors (Lipinski definition) is 2. The van der Waals surface area contributed by atoms with Crippen LogP contribution < -0.4 is 17.0 Å². The van der Waals surface area contributed by atoms with E-state index in [1.807, 2.05) is 0 Å². The fourth-order valence-corrected chi connectivity index (χ4v) is 2.83. The van der Waals surface area contributed by atoms with Gasteiger partial charge in [-0.15, -0.1) is 0 Å². The van der Waals surface area contributed by atoms with Crippen molar-refractivity contribution in [2.75, 3.05) is 13.1 Å². The average Bonchev–Trinajstić information content (AvgIpc) is 2.84. The summed E-state index contributed by atoms with van der Waals surface area (Å²) in [6.07, 6.45) is 1.96. The summed E-state index contributed by atoms with van der Waals surface area (Å²) in [4.78, 5) is 44.3. The van der Waals surface area contributed by atoms with E-state index in [1.165, 1.54) is 16.2 Å². The Balaban J connectivity index is 2.61. The summed E-state index contributed by atoms with van der Waals surface area (Å²) in [7, 11) is 1.53. The Morgan fingerprint density at radius 3 is 2.42 bits per heavy atom. The smallest absolute Gasteiger partial charge is 0.329 e. The van der Waals surface area contributed by atoms with Crippen LogP contribution in [0.2, 0.25) is 0 Å². The number of rotatable bonds is 8. The highest BCUT2D eigenvalue weighted by Crippen LogP contribution is 2.13. The molecule has 24 heavy (non-hydrogen) atoms. The molecule has 2 aromatic rings. The fraction of sp³-hybridized carbons (Fsp3) is 0.600. The quantitative estimate of drug-likeness (QED) is 0.675. The zero-order valence-electron chi connectivity index (χ0n) is 14.3. The summed E-state index contributed by atoms with van der Waals surface area (Å²) in [5, 5.41) is 0. The molecule has 0 aromatic carbocycles. The second-order valence-corrected chi connectivity index (χ2v) is 5.85. The lowest BCUT2D eigenvalue weighted by Gasteiger charge is -2.20. The maximum atomic E-state index is 12.2. The number of imidazole rings is 1. The highest BCUT2D eigenvalue weighted by atomic mass is 16.2. The van der Waals surface area contributed by atoms with E-state index in [0.29, 0.717) is 12.4 Å². The van der Waals surface area contributed by atoms with Crippen LogP contribution in [0, 0.1) is 0 Å². The van der Waals surface area contributed by atoms with Crippen LogP contribution in [0.25, 0.3) is 11.2 Å². The topological polar surface area (TPSA) is 119 Å². The number of aromatic nitrogens is 4. The highest BCUT2D eigenvalue weighted by molar-refractivity contribution is 5.78. The number of primary amides is 1. The number of nitrogens with zero attached hydrogens (tertiary/aromatic N) is 4. The third-order valence-electron chi connectivity index (χ3n) is 3.84. The summed E-state index contributed by atoms with van der Waals surface area (Å²) in [6.45, 7) is 6.26. The van der Waals surface area contributed by atoms with E-state index >= 15 is 0 Å². The molecule has 0 aliphatic rings. The van der Waals surface area contributed by atoms with E-state index in [-0.39, 0.29) is 17.7 Å². The summed E-state index contributed by atoms with van der Waals surface area (Å²) in [5.41, 5.74) is 4.67. The lowest BCUT2D eigenvalue weighted by molar-refractivity contribution is -0.118. The fourth-order valence-electron chi connectivity index (χ4n) is 2.83. The van der Waals surface area contributed by atoms with Crippen LogP contribution in [0.3, 0.4) is 0 Å². The molecule has 9 heteroatoms. The second-order valence-electron chi connectivity index (χ2n) is 5.85. The van der Waals surface area contributed by atoms with Gasteiger partial charge < -0.3 is 10.3 Å². The normalized spacial score (nSPS) is 11.5. The lowest BCUT2D eigenvalue weighted by Crippen LogP contribution is -2.31. The Morgan fingerprint density at radius 2 is 1.88 bits per heavy atom. The zero-order valence-corrected chi connectivity index (χ0v) is 14.3. The Labute approximate surface area is 139 Å². The SMILES string of the molecule is CCCN(CCC)Cc1nc2c(c(=O)[nH]c(=O)n2C)n1CC(N)=O. The number of fused-ring (bicyclic) bond motifs is 1. The van der Waals surface area contributed by atoms with Crippen LogP contribution in [0.4, 0.5) is 0 Å². The number of carbonyl (C=O) groups excluding carboxylic acids is 1. The van der Waals surface area contributed by atoms with Crippen LogP contribution in [0.5, 0.6) is 0 Å². The van der Waals surface area contributed by atoms with Gasteiger partial charge in [-0.25, -0.2) is 9.78 Å². The zero-order chi connectivity index (χ0) is 17.9. The van der Waals surface area contributed by atoms with Crippen molar-refractivity contribution < 1.29 is 4.79 Å². The van der Waals surface area contributed by atoms with Gasteiger partial charge >= 0.3 is 5.69 Å². The van der Waals surface area contributed by atoms with Gasteiger partial charge in [0.05, 0.1) is 6.54 Å². The predicted octanol–water partition coefficient (Wildman–Crippen LogP) is -0.469. The van der Waals surface area contributed by atoms with E-state index < -0.39 is 17.2 Å². The van der Waals surface area contributed by atoms with E-state index in [0.717, 1.165) is 25.9 Å². The summed E-state index contributed by atoms with van der Waals surface area (Å²) in [5.74, 6) is -0.0151. The molecule has 0 spiro atoms. The number of carbonyl (C=O) groups is 1. The van der Waals surface area contributed by atoms with Gasteiger partial charge in [0, 0.05) is 7.05 Å². The molecule has 0 unspecified atom stereocenters. The number of amides is 1. The molecule has 0 fully saturated rings. The molecule has 2 heterocycles. The molecule has 0 radical (unpaired) electrons. The second kappa shape index (κ2) is 7.43. The van der Waals surface area contributed by atoms with Crippen molar-refractivity contribution in [1.82, 2.24) is 24.0 Å². The number of aryl methyl sites for hydroxylation is 1. The standard InChI is InChI=1S/C15H24N6O3/c1-4-6-20(7-5-2)9-11-17-13-12(21(11)8-10(16)22)14(23)18-15(24)19(13)3/h4-9H2,1-3H3,(H2,16,22)(H,18,23,24). The third-order valence-corrected chi connectivity index (χ3v) is 3.84. The number of hydrogen-bond acceptors (Lipinski definition) is 5. The highest BCUT2D eigenvalue weighted by Gasteiger charge is 2.19. The summed E-state index contributed by atoms with van der Waals surface area (Å²) >= 11 is 0. The van der Waals surface area contributed by atoms with Gasteiger partial charge in [-0.05, 0) is 25.9 Å². The van der Waals surface area contributed by atoms with Gasteiger partial charge in [-0.3, -0.25) is 24.0 Å². The molecular weight excluding hydrogens is 312 g/mol. The minimum Gasteiger partial charge on any atom is -0.368 e. The minimum absolute atomic E-state index is 0.154. The molecule has 2 aromatic heterocycles. The molecule has 132 valence electrons. The first kappa shape index (κ1) is 17.9. The van der Waals surface area contributed by atoms with Crippen LogP contribution >= 0.6 is 0 Å². The van der Waals surface area contributed by atoms with Crippen molar-refractivity contribution in [3.63, 3.8) is 0 Å². The van der Waals surface area contributed by atoms with Crippen LogP contribution in [0.1, 0.15) is 32.5 Å². The van der Waals surface area contributed by atoms with Crippen molar-refractivity contribution in [2.45, 2.75) is 39.8 Å². The molecule has 0 aliphatic heterocycles. The molecule has 0 saturated carbocycles. The Kier molecular flexibility index (Phi) is 5.55. The molecule has 9 nitrogen and oxygen atoms in total. The van der Waals surface area contributed by atoms with Crippen molar-refractivity contribution in [3.05, 3.63) is 26.7 Å². The van der Waals surface area contributed by atoms with E-state index in [1.54, 1.807) is 0 Å². The predicted molar refractivity (Wildman–Crippen MR) is 90.6 cm³/mol. The van der Waals surface area contributed by atoms with Crippen molar-refractivity contribution in [1.29, 1.82) is 0 Å². The van der Waals surface area contributed by atoms with Gasteiger partial charge in [0.2, 0.25) is 5.91 Å². The van der Waals surface area contributed by atoms with Crippen LogP contribution in [-0.4, -0.2) is 43.0 Å². The van der Waals surface area contributed by atoms with Crippen molar-refractivity contribution in [3.8, 4) is 0 Å². The van der Waals surface area contributed by atoms with Gasteiger partial charge in [-0.1, -0.05) is 13.8 Å². The number of nitrogens with two attached hydrogens (primary N) is 1. The van der Waals surface area contributed by atoms with Crippen molar-refractivity contribution in [2.24, 2.45) is 12.8 Å². The molecule has 3 N–H and O–H groups in total. The van der Waals surface area contributed by atoms with Gasteiger partial charge in [0.15, 0.2) is 11.2 Å². The molecule has 2 rings (SSSR count). The van der Waals surface area contributed by atoms with Crippen LogP contribution in [-0.2, 0) is 24.9 Å². The average molecular weight is 336 g/mol. The van der Waals surface area contributed by atoms with E-state index in [4.69, 9.17) is 5.73 Å². The first-order valence-corrected chi connectivity index (χ1v) is 8.08. The number of H-pyrrole nitrogens is 1. The third kappa shape index (κ3) is 3.56. The molecule has 0 atom stereocenters. The van der Waals surface area contributed by atoms with Crippen molar-refractivity contribution >= 4 is 17.1 Å². The lowest BCUT2D eigenvalue weighted by atomic mass is 10.3. The minimum atomic E-state index is -0.568. The summed E-state index contributed by atoms with van der Waals surface area (Å²) < 4.78 is 2.77. The largest absolute Gasteiger partial charge is 0.368 e. The van der Waals surface area contributed by atoms with Gasteiger partial charge in [0.25, 0.3) is 5.56 Å². The van der Waals surface area contributed by atoms with Gasteiger partial charge in [0.1, 0.15) is 12.4 Å². The number of nitrogens with one attached hydrogen (secondary N) is 1. The maximum Gasteiger partial charge on any atom is 0.329 e. The Morgan fingerprint density at radius 1 is 1.25 bits per heavy atom. The van der Waals surface area contributed by atoms with Crippen LogP contribution in [0.15, 0.2) is 9.59 Å². The summed E-state index contributed by atoms with van der Waals surface area (Å²) in [6, 6.07) is 0. The molecule has 0 saturated heterocycles. The molecule has 1 amide bonds. The Bertz CT molecular complexity index is 841. The Hall–Kier alpha value is -2.42. The molecular formula is C15H24N6O3. The molecule has 0 aliphatic carbocycles. The number of aromatic amines is 1. The first-order valence-electron chi connectivity index (χ1n) is 8.08. The van der Waals surface area contributed by atoms with Gasteiger partial charge in [-0.2, -0.15) is 0 Å². The first-order chi connectivity index (χ1) is 11.4. The van der Waals surface area contributed by atoms with E-state index in [9.17, 15) is 14.4 Å².